The number of thioether (sulfide) groups is 1. The van der Waals surface area contributed by atoms with Crippen LogP contribution >= 0.6 is 11.8 Å². The molecule has 4 heteroatoms. The Hall–Kier alpha value is -0.870. The molecule has 1 aromatic rings. The van der Waals surface area contributed by atoms with Gasteiger partial charge in [0.25, 0.3) is 0 Å². The van der Waals surface area contributed by atoms with Crippen LogP contribution in [0, 0.1) is 0 Å². The van der Waals surface area contributed by atoms with E-state index in [4.69, 9.17) is 9.47 Å². The average molecular weight is 251 g/mol. The van der Waals surface area contributed by atoms with Crippen molar-refractivity contribution in [1.29, 1.82) is 0 Å². The number of ether oxygens (including phenoxy) is 2. The molecule has 0 radical (unpaired) electrons. The van der Waals surface area contributed by atoms with Gasteiger partial charge >= 0.3 is 0 Å². The van der Waals surface area contributed by atoms with E-state index >= 15 is 0 Å². The molecule has 2 aliphatic heterocycles. The topological polar surface area (TPSA) is 30.5 Å². The monoisotopic (exact) mass is 251 g/mol. The average Bonchev–Trinajstić information content (AvgIpc) is 2.57. The van der Waals surface area contributed by atoms with E-state index in [1.165, 1.54) is 29.1 Å². The second-order valence-electron chi connectivity index (χ2n) is 4.37. The molecule has 1 unspecified atom stereocenters. The van der Waals surface area contributed by atoms with Gasteiger partial charge in [-0.25, -0.2) is 0 Å². The summed E-state index contributed by atoms with van der Waals surface area (Å²) in [4.78, 5) is 1.34. The van der Waals surface area contributed by atoms with Gasteiger partial charge in [0, 0.05) is 10.9 Å². The smallest absolute Gasteiger partial charge is 0.162 e. The fourth-order valence-electron chi connectivity index (χ4n) is 2.41. The zero-order valence-electron chi connectivity index (χ0n) is 9.99. The van der Waals surface area contributed by atoms with Gasteiger partial charge in [-0.05, 0) is 43.3 Å². The van der Waals surface area contributed by atoms with E-state index < -0.39 is 0 Å². The molecular formula is C13H17NO2S. The molecule has 0 spiro atoms. The first-order valence-corrected chi connectivity index (χ1v) is 7.10. The summed E-state index contributed by atoms with van der Waals surface area (Å²) in [6, 6.07) is 4.74. The largest absolute Gasteiger partial charge is 0.486 e. The van der Waals surface area contributed by atoms with Crippen LogP contribution in [0.3, 0.4) is 0 Å². The molecule has 1 N–H and O–H groups in total. The van der Waals surface area contributed by atoms with E-state index in [1.54, 1.807) is 0 Å². The molecule has 2 heterocycles. The SMILES string of the molecule is CNC1CCCSc2cc3c(cc21)OCCO3. The number of hydrogen-bond acceptors (Lipinski definition) is 4. The Labute approximate surface area is 106 Å². The molecule has 0 bridgehead atoms. The molecule has 1 atom stereocenters. The Bertz CT molecular complexity index is 422. The quantitative estimate of drug-likeness (QED) is 0.831. The van der Waals surface area contributed by atoms with Gasteiger partial charge in [-0.15, -0.1) is 11.8 Å². The lowest BCUT2D eigenvalue weighted by atomic mass is 10.0. The minimum absolute atomic E-state index is 0.441. The van der Waals surface area contributed by atoms with Crippen molar-refractivity contribution in [2.45, 2.75) is 23.8 Å². The molecule has 0 fully saturated rings. The zero-order valence-corrected chi connectivity index (χ0v) is 10.8. The van der Waals surface area contributed by atoms with E-state index in [0.29, 0.717) is 19.3 Å². The number of nitrogens with one attached hydrogen (secondary N) is 1. The number of rotatable bonds is 1. The van der Waals surface area contributed by atoms with Gasteiger partial charge in [0.2, 0.25) is 0 Å². The Balaban J connectivity index is 2.04. The minimum Gasteiger partial charge on any atom is -0.486 e. The second-order valence-corrected chi connectivity index (χ2v) is 5.50. The third-order valence-corrected chi connectivity index (χ3v) is 4.45. The van der Waals surface area contributed by atoms with E-state index in [0.717, 1.165) is 11.5 Å². The Morgan fingerprint density at radius 1 is 1.24 bits per heavy atom. The zero-order chi connectivity index (χ0) is 11.7. The van der Waals surface area contributed by atoms with Crippen LogP contribution in [0.15, 0.2) is 17.0 Å². The van der Waals surface area contributed by atoms with Crippen molar-refractivity contribution in [2.24, 2.45) is 0 Å². The molecule has 92 valence electrons. The van der Waals surface area contributed by atoms with Crippen LogP contribution in [-0.2, 0) is 0 Å². The van der Waals surface area contributed by atoms with Crippen molar-refractivity contribution >= 4 is 11.8 Å². The first kappa shape index (κ1) is 11.2. The third kappa shape index (κ3) is 2.11. The van der Waals surface area contributed by atoms with Gasteiger partial charge in [-0.2, -0.15) is 0 Å². The van der Waals surface area contributed by atoms with Gasteiger partial charge < -0.3 is 14.8 Å². The Kier molecular flexibility index (Phi) is 3.16. The first-order valence-electron chi connectivity index (χ1n) is 6.12. The maximum absolute atomic E-state index is 5.66. The van der Waals surface area contributed by atoms with Gasteiger partial charge in [0.15, 0.2) is 11.5 Å². The van der Waals surface area contributed by atoms with Crippen LogP contribution in [0.25, 0.3) is 0 Å². The van der Waals surface area contributed by atoms with E-state index in [2.05, 4.69) is 17.4 Å². The van der Waals surface area contributed by atoms with Crippen LogP contribution in [0.2, 0.25) is 0 Å². The van der Waals surface area contributed by atoms with Gasteiger partial charge in [0.05, 0.1) is 0 Å². The fourth-order valence-corrected chi connectivity index (χ4v) is 3.50. The minimum atomic E-state index is 0.441. The normalized spacial score (nSPS) is 22.8. The van der Waals surface area contributed by atoms with Crippen molar-refractivity contribution < 1.29 is 9.47 Å². The highest BCUT2D eigenvalue weighted by atomic mass is 32.2. The molecule has 3 rings (SSSR count). The number of hydrogen-bond donors (Lipinski definition) is 1. The van der Waals surface area contributed by atoms with Gasteiger partial charge in [-0.3, -0.25) is 0 Å². The highest BCUT2D eigenvalue weighted by molar-refractivity contribution is 7.99. The molecular weight excluding hydrogens is 234 g/mol. The number of fused-ring (bicyclic) bond motifs is 2. The van der Waals surface area contributed by atoms with Crippen LogP contribution in [0.1, 0.15) is 24.4 Å². The van der Waals surface area contributed by atoms with Gasteiger partial charge in [-0.1, -0.05) is 0 Å². The number of benzene rings is 1. The molecule has 0 saturated carbocycles. The Morgan fingerprint density at radius 2 is 2.00 bits per heavy atom. The lowest BCUT2D eigenvalue weighted by Crippen LogP contribution is -2.19. The molecule has 2 aliphatic rings. The summed E-state index contributed by atoms with van der Waals surface area (Å²) < 4.78 is 11.3. The summed E-state index contributed by atoms with van der Waals surface area (Å²) in [5.41, 5.74) is 1.36. The Morgan fingerprint density at radius 3 is 2.76 bits per heavy atom. The summed E-state index contributed by atoms with van der Waals surface area (Å²) >= 11 is 1.93. The van der Waals surface area contributed by atoms with Crippen LogP contribution < -0.4 is 14.8 Å². The van der Waals surface area contributed by atoms with Crippen molar-refractivity contribution in [3.63, 3.8) is 0 Å². The predicted octanol–water partition coefficient (Wildman–Crippen LogP) is 2.60. The van der Waals surface area contributed by atoms with E-state index in [9.17, 15) is 0 Å². The predicted molar refractivity (Wildman–Crippen MR) is 69.2 cm³/mol. The molecule has 0 aromatic heterocycles. The van der Waals surface area contributed by atoms with Crippen molar-refractivity contribution in [3.05, 3.63) is 17.7 Å². The van der Waals surface area contributed by atoms with Crippen molar-refractivity contribution in [1.82, 2.24) is 5.32 Å². The summed E-state index contributed by atoms with van der Waals surface area (Å²) in [6.07, 6.45) is 2.44. The van der Waals surface area contributed by atoms with E-state index in [1.807, 2.05) is 18.8 Å². The first-order chi connectivity index (χ1) is 8.38. The van der Waals surface area contributed by atoms with Crippen LogP contribution in [0.5, 0.6) is 11.5 Å². The molecule has 1 aromatic carbocycles. The van der Waals surface area contributed by atoms with Crippen LogP contribution in [0.4, 0.5) is 0 Å². The van der Waals surface area contributed by atoms with Crippen molar-refractivity contribution in [3.8, 4) is 11.5 Å². The second kappa shape index (κ2) is 4.78. The summed E-state index contributed by atoms with van der Waals surface area (Å²) in [7, 11) is 2.03. The fraction of sp³-hybridized carbons (Fsp3) is 0.538. The molecule has 0 aliphatic carbocycles. The van der Waals surface area contributed by atoms with Gasteiger partial charge in [0.1, 0.15) is 13.2 Å². The molecule has 0 saturated heterocycles. The van der Waals surface area contributed by atoms with Crippen molar-refractivity contribution in [2.75, 3.05) is 26.0 Å². The highest BCUT2D eigenvalue weighted by Crippen LogP contribution is 2.42. The molecule has 0 amide bonds. The lowest BCUT2D eigenvalue weighted by Gasteiger charge is -2.23. The standard InChI is InChI=1S/C13H17NO2S/c1-14-10-3-2-6-17-13-8-12-11(7-9(10)13)15-4-5-16-12/h7-8,10,14H,2-6H2,1H3. The highest BCUT2D eigenvalue weighted by Gasteiger charge is 2.22. The maximum atomic E-state index is 5.66. The summed E-state index contributed by atoms with van der Waals surface area (Å²) in [6.45, 7) is 1.31. The van der Waals surface area contributed by atoms with Crippen LogP contribution in [-0.4, -0.2) is 26.0 Å². The summed E-state index contributed by atoms with van der Waals surface area (Å²) in [5, 5.41) is 3.40. The maximum Gasteiger partial charge on any atom is 0.162 e. The van der Waals surface area contributed by atoms with E-state index in [-0.39, 0.29) is 0 Å². The third-order valence-electron chi connectivity index (χ3n) is 3.29. The summed E-state index contributed by atoms with van der Waals surface area (Å²) in [5.74, 6) is 2.99. The molecule has 17 heavy (non-hydrogen) atoms. The molecule has 3 nitrogen and oxygen atoms in total. The lowest BCUT2D eigenvalue weighted by molar-refractivity contribution is 0.170.